The molecule has 88 valence electrons. The normalized spacial score (nSPS) is 11.5. The van der Waals surface area contributed by atoms with Gasteiger partial charge >= 0.3 is 10.3 Å². The van der Waals surface area contributed by atoms with Crippen LogP contribution in [-0.2, 0) is 14.5 Å². The summed E-state index contributed by atoms with van der Waals surface area (Å²) in [6, 6.07) is 8.55. The van der Waals surface area contributed by atoms with Crippen molar-refractivity contribution in [2.75, 3.05) is 0 Å². The van der Waals surface area contributed by atoms with Crippen molar-refractivity contribution in [2.45, 2.75) is 9.79 Å². The molecule has 0 aliphatic rings. The molecule has 0 aromatic heterocycles. The van der Waals surface area contributed by atoms with Gasteiger partial charge in [-0.25, -0.2) is 8.78 Å². The van der Waals surface area contributed by atoms with Crippen molar-refractivity contribution in [3.63, 3.8) is 0 Å². The molecular weight excluding hydrogens is 249 g/mol. The second-order valence-corrected chi connectivity index (χ2v) is 5.31. The summed E-state index contributed by atoms with van der Waals surface area (Å²) >= 11 is 0. The predicted octanol–water partition coefficient (Wildman–Crippen LogP) is 3.77. The molecule has 2 aromatic rings. The Kier molecular flexibility index (Phi) is 3.02. The number of halogens is 3. The smallest absolute Gasteiger partial charge is 0.207 e. The Hall–Kier alpha value is -1.62. The van der Waals surface area contributed by atoms with Crippen LogP contribution in [0.1, 0.15) is 0 Å². The summed E-state index contributed by atoms with van der Waals surface area (Å²) in [7, 11) is -3.96. The van der Waals surface area contributed by atoms with Crippen LogP contribution in [0.25, 0.3) is 0 Å². The van der Waals surface area contributed by atoms with E-state index in [2.05, 4.69) is 0 Å². The first kappa shape index (κ1) is 11.9. The SMILES string of the molecule is O=[S+](F)(c1ccc(F)cc1)c1ccc(F)cc1. The Morgan fingerprint density at radius 2 is 1.00 bits per heavy atom. The molecule has 0 N–H and O–H groups in total. The van der Waals surface area contributed by atoms with E-state index in [0.29, 0.717) is 0 Å². The van der Waals surface area contributed by atoms with Crippen LogP contribution in [0.3, 0.4) is 0 Å². The molecule has 2 aromatic carbocycles. The third-order valence-corrected chi connectivity index (χ3v) is 3.99. The fourth-order valence-electron chi connectivity index (χ4n) is 1.36. The zero-order valence-electron chi connectivity index (χ0n) is 8.57. The van der Waals surface area contributed by atoms with Gasteiger partial charge in [0, 0.05) is 3.89 Å². The Morgan fingerprint density at radius 1 is 0.706 bits per heavy atom. The lowest BCUT2D eigenvalue weighted by Gasteiger charge is -2.00. The molecule has 0 saturated carbocycles. The number of hydrogen-bond donors (Lipinski definition) is 0. The highest BCUT2D eigenvalue weighted by Crippen LogP contribution is 2.30. The Balaban J connectivity index is 2.45. The lowest BCUT2D eigenvalue weighted by molar-refractivity contribution is 0.553. The van der Waals surface area contributed by atoms with Gasteiger partial charge in [-0.1, -0.05) is 0 Å². The molecule has 1 nitrogen and oxygen atoms in total. The van der Waals surface area contributed by atoms with E-state index in [1.807, 2.05) is 0 Å². The van der Waals surface area contributed by atoms with Gasteiger partial charge in [0.25, 0.3) is 0 Å². The molecule has 0 radical (unpaired) electrons. The Morgan fingerprint density at radius 3 is 1.29 bits per heavy atom. The highest BCUT2D eigenvalue weighted by atomic mass is 32.3. The average Bonchev–Trinajstić information content (AvgIpc) is 2.30. The predicted molar refractivity (Wildman–Crippen MR) is 58.5 cm³/mol. The van der Waals surface area contributed by atoms with E-state index in [0.717, 1.165) is 48.5 Å². The lowest BCUT2D eigenvalue weighted by Crippen LogP contribution is -2.04. The standard InChI is InChI=1S/C12H8F3OS/c13-9-1-5-11(6-2-9)17(15,16)12-7-3-10(14)4-8-12/h1-8H/q+1. The molecule has 0 fully saturated rings. The fourth-order valence-corrected chi connectivity index (χ4v) is 2.60. The number of rotatable bonds is 2. The fraction of sp³-hybridized carbons (Fsp3) is 0. The maximum absolute atomic E-state index is 14.1. The molecule has 0 saturated heterocycles. The first-order chi connectivity index (χ1) is 8.00. The van der Waals surface area contributed by atoms with E-state index in [-0.39, 0.29) is 9.79 Å². The van der Waals surface area contributed by atoms with E-state index in [4.69, 9.17) is 0 Å². The van der Waals surface area contributed by atoms with E-state index in [9.17, 15) is 16.9 Å². The second kappa shape index (κ2) is 4.33. The van der Waals surface area contributed by atoms with Gasteiger partial charge in [-0.15, -0.1) is 0 Å². The Labute approximate surface area is 97.6 Å². The van der Waals surface area contributed by atoms with E-state index >= 15 is 0 Å². The minimum absolute atomic E-state index is 0.134. The Bertz CT molecular complexity index is 514. The van der Waals surface area contributed by atoms with Crippen LogP contribution in [0.2, 0.25) is 0 Å². The molecule has 2 rings (SSSR count). The van der Waals surface area contributed by atoms with Crippen molar-refractivity contribution >= 4 is 10.3 Å². The summed E-state index contributed by atoms with van der Waals surface area (Å²) in [6.45, 7) is 0. The molecule has 17 heavy (non-hydrogen) atoms. The van der Waals surface area contributed by atoms with Gasteiger partial charge in [0.15, 0.2) is 0 Å². The molecule has 0 heterocycles. The first-order valence-corrected chi connectivity index (χ1v) is 6.21. The van der Waals surface area contributed by atoms with Crippen molar-refractivity contribution in [3.05, 3.63) is 60.2 Å². The van der Waals surface area contributed by atoms with Gasteiger partial charge in [-0.05, 0) is 52.7 Å². The van der Waals surface area contributed by atoms with Crippen molar-refractivity contribution in [1.29, 1.82) is 0 Å². The quantitative estimate of drug-likeness (QED) is 0.591. The summed E-state index contributed by atoms with van der Waals surface area (Å²) < 4.78 is 51.3. The highest BCUT2D eigenvalue weighted by Gasteiger charge is 2.35. The van der Waals surface area contributed by atoms with Crippen molar-refractivity contribution in [3.8, 4) is 0 Å². The largest absolute Gasteiger partial charge is 0.335 e. The second-order valence-electron chi connectivity index (χ2n) is 3.39. The molecule has 0 bridgehead atoms. The summed E-state index contributed by atoms with van der Waals surface area (Å²) in [4.78, 5) is -0.268. The lowest BCUT2D eigenvalue weighted by atomic mass is 10.3. The van der Waals surface area contributed by atoms with Crippen LogP contribution in [0.15, 0.2) is 58.3 Å². The molecule has 0 unspecified atom stereocenters. The molecular formula is C12H8F3OS+. The first-order valence-electron chi connectivity index (χ1n) is 4.75. The van der Waals surface area contributed by atoms with Gasteiger partial charge < -0.3 is 0 Å². The molecule has 0 aliphatic heterocycles. The third kappa shape index (κ3) is 2.39. The molecule has 5 heteroatoms. The zero-order valence-corrected chi connectivity index (χ0v) is 9.39. The van der Waals surface area contributed by atoms with E-state index in [1.165, 1.54) is 0 Å². The zero-order chi connectivity index (χ0) is 12.5. The monoisotopic (exact) mass is 257 g/mol. The van der Waals surface area contributed by atoms with Crippen molar-refractivity contribution in [2.24, 2.45) is 0 Å². The van der Waals surface area contributed by atoms with Crippen LogP contribution < -0.4 is 0 Å². The molecule has 0 amide bonds. The van der Waals surface area contributed by atoms with Gasteiger partial charge in [0.2, 0.25) is 9.79 Å². The summed E-state index contributed by atoms with van der Waals surface area (Å²) in [5.74, 6) is -1.08. The van der Waals surface area contributed by atoms with Crippen LogP contribution in [0.5, 0.6) is 0 Å². The van der Waals surface area contributed by atoms with E-state index in [1.54, 1.807) is 0 Å². The summed E-state index contributed by atoms with van der Waals surface area (Å²) in [5, 5.41) is 0. The average molecular weight is 257 g/mol. The minimum atomic E-state index is -3.96. The van der Waals surface area contributed by atoms with Crippen molar-refractivity contribution < 1.29 is 16.9 Å². The van der Waals surface area contributed by atoms with Gasteiger partial charge in [0.1, 0.15) is 11.6 Å². The number of hydrogen-bond acceptors (Lipinski definition) is 1. The van der Waals surface area contributed by atoms with Gasteiger partial charge in [0.05, 0.1) is 0 Å². The summed E-state index contributed by atoms with van der Waals surface area (Å²) in [5.41, 5.74) is 0. The summed E-state index contributed by atoms with van der Waals surface area (Å²) in [6.07, 6.45) is 0. The van der Waals surface area contributed by atoms with Crippen LogP contribution >= 0.6 is 0 Å². The topological polar surface area (TPSA) is 17.1 Å². The van der Waals surface area contributed by atoms with E-state index < -0.39 is 22.0 Å². The number of benzene rings is 2. The molecule has 0 spiro atoms. The third-order valence-electron chi connectivity index (χ3n) is 2.23. The molecule has 0 atom stereocenters. The highest BCUT2D eigenvalue weighted by molar-refractivity contribution is 7.98. The van der Waals surface area contributed by atoms with Crippen molar-refractivity contribution in [1.82, 2.24) is 0 Å². The maximum atomic E-state index is 14.1. The van der Waals surface area contributed by atoms with Gasteiger partial charge in [-0.3, -0.25) is 0 Å². The van der Waals surface area contributed by atoms with Crippen LogP contribution in [0.4, 0.5) is 12.7 Å². The van der Waals surface area contributed by atoms with Gasteiger partial charge in [-0.2, -0.15) is 0 Å². The maximum Gasteiger partial charge on any atom is 0.335 e. The van der Waals surface area contributed by atoms with Crippen LogP contribution in [-0.4, -0.2) is 0 Å². The molecule has 0 aliphatic carbocycles. The van der Waals surface area contributed by atoms with Crippen LogP contribution in [0, 0.1) is 11.6 Å². The minimum Gasteiger partial charge on any atom is -0.207 e.